The van der Waals surface area contributed by atoms with Gasteiger partial charge in [-0.25, -0.2) is 18.0 Å². The van der Waals surface area contributed by atoms with Gasteiger partial charge >= 0.3 is 12.0 Å². The molecule has 2 heterocycles. The first kappa shape index (κ1) is 16.4. The summed E-state index contributed by atoms with van der Waals surface area (Å²) in [5, 5.41) is 11.7. The van der Waals surface area contributed by atoms with Crippen LogP contribution in [0, 0.1) is 5.92 Å². The third kappa shape index (κ3) is 3.63. The standard InChI is InChI=1S/C12H20N2O5S2/c1-7(2)10-14(9(5-20-10)11(15)16)12(17)13-8-3-4-21(18,19)6-8/h7-10H,3-6H2,1-2H3,(H,13,17)(H,15,16). The molecule has 2 rings (SSSR count). The molecule has 2 aliphatic rings. The molecule has 2 aliphatic heterocycles. The molecule has 0 aliphatic carbocycles. The number of urea groups is 1. The van der Waals surface area contributed by atoms with E-state index in [1.807, 2.05) is 13.8 Å². The van der Waals surface area contributed by atoms with Gasteiger partial charge in [0.15, 0.2) is 9.84 Å². The van der Waals surface area contributed by atoms with Crippen LogP contribution in [0.15, 0.2) is 0 Å². The molecule has 0 bridgehead atoms. The molecular formula is C12H20N2O5S2. The van der Waals surface area contributed by atoms with Crippen molar-refractivity contribution in [2.45, 2.75) is 37.7 Å². The number of carbonyl (C=O) groups excluding carboxylic acids is 1. The summed E-state index contributed by atoms with van der Waals surface area (Å²) < 4.78 is 22.9. The van der Waals surface area contributed by atoms with Crippen LogP contribution in [-0.2, 0) is 14.6 Å². The molecule has 2 amide bonds. The molecule has 0 spiro atoms. The molecular weight excluding hydrogens is 316 g/mol. The predicted octanol–water partition coefficient (Wildman–Crippen LogP) is 0.367. The van der Waals surface area contributed by atoms with E-state index in [1.165, 1.54) is 16.7 Å². The smallest absolute Gasteiger partial charge is 0.327 e. The third-order valence-corrected chi connectivity index (χ3v) is 7.07. The minimum Gasteiger partial charge on any atom is -0.480 e. The van der Waals surface area contributed by atoms with E-state index in [-0.39, 0.29) is 22.8 Å². The van der Waals surface area contributed by atoms with Crippen molar-refractivity contribution in [1.82, 2.24) is 10.2 Å². The van der Waals surface area contributed by atoms with Crippen LogP contribution < -0.4 is 5.32 Å². The van der Waals surface area contributed by atoms with Crippen molar-refractivity contribution in [3.05, 3.63) is 0 Å². The topological polar surface area (TPSA) is 104 Å². The van der Waals surface area contributed by atoms with E-state index in [0.29, 0.717) is 12.2 Å². The Morgan fingerprint density at radius 2 is 2.05 bits per heavy atom. The fourth-order valence-electron chi connectivity index (χ4n) is 2.65. The molecule has 7 nitrogen and oxygen atoms in total. The molecule has 2 N–H and O–H groups in total. The first-order valence-electron chi connectivity index (χ1n) is 6.85. The molecule has 3 atom stereocenters. The number of aliphatic carboxylic acids is 1. The van der Waals surface area contributed by atoms with Gasteiger partial charge in [-0.15, -0.1) is 11.8 Å². The number of thioether (sulfide) groups is 1. The van der Waals surface area contributed by atoms with Crippen LogP contribution >= 0.6 is 11.8 Å². The lowest BCUT2D eigenvalue weighted by Gasteiger charge is -2.30. The van der Waals surface area contributed by atoms with Crippen molar-refractivity contribution in [1.29, 1.82) is 0 Å². The van der Waals surface area contributed by atoms with Gasteiger partial charge in [-0.2, -0.15) is 0 Å². The molecule has 2 saturated heterocycles. The van der Waals surface area contributed by atoms with Crippen LogP contribution in [-0.4, -0.2) is 65.1 Å². The summed E-state index contributed by atoms with van der Waals surface area (Å²) in [7, 11) is -3.08. The van der Waals surface area contributed by atoms with Crippen LogP contribution in [0.5, 0.6) is 0 Å². The quantitative estimate of drug-likeness (QED) is 0.771. The van der Waals surface area contributed by atoms with Gasteiger partial charge in [0.2, 0.25) is 0 Å². The third-order valence-electron chi connectivity index (χ3n) is 3.68. The van der Waals surface area contributed by atoms with Crippen LogP contribution in [0.2, 0.25) is 0 Å². The Kier molecular flexibility index (Phi) is 4.72. The fourth-order valence-corrected chi connectivity index (χ4v) is 5.79. The first-order chi connectivity index (χ1) is 9.71. The lowest BCUT2D eigenvalue weighted by atomic mass is 10.1. The van der Waals surface area contributed by atoms with E-state index in [4.69, 9.17) is 0 Å². The average Bonchev–Trinajstić information content (AvgIpc) is 2.92. The Morgan fingerprint density at radius 3 is 2.52 bits per heavy atom. The van der Waals surface area contributed by atoms with Crippen molar-refractivity contribution in [3.63, 3.8) is 0 Å². The fraction of sp³-hybridized carbons (Fsp3) is 0.833. The number of hydrogen-bond donors (Lipinski definition) is 2. The van der Waals surface area contributed by atoms with Gasteiger partial charge in [-0.1, -0.05) is 13.8 Å². The summed E-state index contributed by atoms with van der Waals surface area (Å²) in [6.45, 7) is 3.87. The minimum absolute atomic E-state index is 0.0657. The van der Waals surface area contributed by atoms with Crippen LogP contribution in [0.25, 0.3) is 0 Å². The van der Waals surface area contributed by atoms with Gasteiger partial charge in [0.05, 0.1) is 16.9 Å². The van der Waals surface area contributed by atoms with Gasteiger partial charge in [0.25, 0.3) is 0 Å². The maximum absolute atomic E-state index is 12.4. The highest BCUT2D eigenvalue weighted by molar-refractivity contribution is 8.00. The molecule has 0 aromatic heterocycles. The summed E-state index contributed by atoms with van der Waals surface area (Å²) in [6, 6.07) is -1.76. The second-order valence-electron chi connectivity index (χ2n) is 5.78. The Bertz CT molecular complexity index is 534. The lowest BCUT2D eigenvalue weighted by Crippen LogP contribution is -2.53. The molecule has 21 heavy (non-hydrogen) atoms. The zero-order valence-electron chi connectivity index (χ0n) is 12.0. The van der Waals surface area contributed by atoms with Crippen molar-refractivity contribution in [2.75, 3.05) is 17.3 Å². The van der Waals surface area contributed by atoms with Gasteiger partial charge in [0.1, 0.15) is 6.04 Å². The van der Waals surface area contributed by atoms with E-state index < -0.39 is 33.9 Å². The number of sulfone groups is 1. The highest BCUT2D eigenvalue weighted by Crippen LogP contribution is 2.34. The van der Waals surface area contributed by atoms with E-state index in [9.17, 15) is 23.1 Å². The Labute approximate surface area is 128 Å². The van der Waals surface area contributed by atoms with E-state index in [2.05, 4.69) is 5.32 Å². The normalized spacial score (nSPS) is 31.6. The summed E-state index contributed by atoms with van der Waals surface area (Å²) in [5.41, 5.74) is 0. The van der Waals surface area contributed by atoms with Crippen molar-refractivity contribution < 1.29 is 23.1 Å². The van der Waals surface area contributed by atoms with Crippen molar-refractivity contribution in [3.8, 4) is 0 Å². The molecule has 0 radical (unpaired) electrons. The number of hydrogen-bond acceptors (Lipinski definition) is 5. The molecule has 3 unspecified atom stereocenters. The zero-order chi connectivity index (χ0) is 15.8. The van der Waals surface area contributed by atoms with E-state index in [0.717, 1.165) is 0 Å². The number of carboxylic acids is 1. The summed E-state index contributed by atoms with van der Waals surface area (Å²) >= 11 is 1.45. The van der Waals surface area contributed by atoms with E-state index >= 15 is 0 Å². The van der Waals surface area contributed by atoms with Crippen molar-refractivity contribution >= 4 is 33.6 Å². The maximum atomic E-state index is 12.4. The highest BCUT2D eigenvalue weighted by Gasteiger charge is 2.44. The van der Waals surface area contributed by atoms with Gasteiger partial charge in [-0.3, -0.25) is 4.90 Å². The highest BCUT2D eigenvalue weighted by atomic mass is 32.2. The predicted molar refractivity (Wildman–Crippen MR) is 79.9 cm³/mol. The van der Waals surface area contributed by atoms with Crippen LogP contribution in [0.3, 0.4) is 0 Å². The monoisotopic (exact) mass is 336 g/mol. The summed E-state index contributed by atoms with van der Waals surface area (Å²) in [5.74, 6) is -0.543. The SMILES string of the molecule is CC(C)C1SCC(C(=O)O)N1C(=O)NC1CCS(=O)(=O)C1. The second kappa shape index (κ2) is 6.04. The molecule has 2 fully saturated rings. The van der Waals surface area contributed by atoms with Gasteiger partial charge in [0, 0.05) is 11.8 Å². The number of carbonyl (C=O) groups is 2. The number of nitrogens with zero attached hydrogens (tertiary/aromatic N) is 1. The summed E-state index contributed by atoms with van der Waals surface area (Å²) in [6.07, 6.45) is 0.388. The Hall–Kier alpha value is -0.960. The molecule has 9 heteroatoms. The Balaban J connectivity index is 2.09. The molecule has 0 aromatic carbocycles. The zero-order valence-corrected chi connectivity index (χ0v) is 13.6. The largest absolute Gasteiger partial charge is 0.480 e. The van der Waals surface area contributed by atoms with E-state index in [1.54, 1.807) is 0 Å². The van der Waals surface area contributed by atoms with Gasteiger partial charge in [-0.05, 0) is 12.3 Å². The lowest BCUT2D eigenvalue weighted by molar-refractivity contribution is -0.141. The molecule has 0 aromatic rings. The summed E-state index contributed by atoms with van der Waals surface area (Å²) in [4.78, 5) is 25.0. The number of rotatable bonds is 3. The molecule has 120 valence electrons. The average molecular weight is 336 g/mol. The number of amides is 2. The Morgan fingerprint density at radius 1 is 1.38 bits per heavy atom. The van der Waals surface area contributed by atoms with Crippen LogP contribution in [0.4, 0.5) is 4.79 Å². The first-order valence-corrected chi connectivity index (χ1v) is 9.72. The maximum Gasteiger partial charge on any atom is 0.327 e. The number of nitrogens with one attached hydrogen (secondary N) is 1. The van der Waals surface area contributed by atoms with Gasteiger partial charge < -0.3 is 10.4 Å². The number of carboxylic acid groups (broad SMARTS) is 1. The second-order valence-corrected chi connectivity index (χ2v) is 9.16. The minimum atomic E-state index is -3.08. The van der Waals surface area contributed by atoms with Crippen LogP contribution in [0.1, 0.15) is 20.3 Å². The van der Waals surface area contributed by atoms with Crippen molar-refractivity contribution in [2.24, 2.45) is 5.92 Å². The molecule has 0 saturated carbocycles.